The quantitative estimate of drug-likeness (QED) is 0.578. The van der Waals surface area contributed by atoms with Gasteiger partial charge < -0.3 is 0 Å². The molecule has 0 aliphatic heterocycles. The van der Waals surface area contributed by atoms with E-state index in [1.54, 1.807) is 0 Å². The summed E-state index contributed by atoms with van der Waals surface area (Å²) in [7, 11) is 0. The molecule has 0 amide bonds. The molecule has 1 aromatic carbocycles. The average molecular weight is 228 g/mol. The van der Waals surface area contributed by atoms with Crippen LogP contribution in [-0.2, 0) is 0 Å². The second-order valence-corrected chi connectivity index (χ2v) is 3.63. The third kappa shape index (κ3) is 4.86. The Bertz CT molecular complexity index is 394. The summed E-state index contributed by atoms with van der Waals surface area (Å²) in [5.74, 6) is 0. The van der Waals surface area contributed by atoms with Crippen LogP contribution in [0.4, 0.5) is 0 Å². The van der Waals surface area contributed by atoms with Crippen molar-refractivity contribution in [2.45, 2.75) is 34.1 Å². The molecule has 0 bridgehead atoms. The molecular weight excluding hydrogens is 204 g/mol. The first-order chi connectivity index (χ1) is 8.19. The van der Waals surface area contributed by atoms with Crippen LogP contribution in [0.1, 0.15) is 45.2 Å². The summed E-state index contributed by atoms with van der Waals surface area (Å²) in [6, 6.07) is 8.41. The molecule has 1 rings (SSSR count). The van der Waals surface area contributed by atoms with Gasteiger partial charge in [0, 0.05) is 0 Å². The fraction of sp³-hybridized carbons (Fsp3) is 0.294. The maximum Gasteiger partial charge on any atom is -0.0181 e. The van der Waals surface area contributed by atoms with Crippen LogP contribution in [0.3, 0.4) is 0 Å². The SMILES string of the molecule is C=C/C(=C\CC)c1cccc(C(=C)C)c1.CC. The smallest absolute Gasteiger partial charge is 0.0181 e. The van der Waals surface area contributed by atoms with Crippen molar-refractivity contribution in [3.05, 3.63) is 60.7 Å². The molecule has 0 atom stereocenters. The van der Waals surface area contributed by atoms with E-state index < -0.39 is 0 Å². The Kier molecular flexibility index (Phi) is 7.79. The van der Waals surface area contributed by atoms with Crippen LogP contribution in [0, 0.1) is 0 Å². The maximum absolute atomic E-state index is 3.95. The number of hydrogen-bond donors (Lipinski definition) is 0. The third-order valence-electron chi connectivity index (χ3n) is 2.33. The zero-order valence-electron chi connectivity index (χ0n) is 11.6. The molecule has 0 nitrogen and oxygen atoms in total. The molecule has 92 valence electrons. The topological polar surface area (TPSA) is 0 Å². The fourth-order valence-electron chi connectivity index (χ4n) is 1.50. The van der Waals surface area contributed by atoms with Crippen molar-refractivity contribution in [1.29, 1.82) is 0 Å². The van der Waals surface area contributed by atoms with Gasteiger partial charge in [-0.3, -0.25) is 0 Å². The molecule has 0 unspecified atom stereocenters. The minimum atomic E-state index is 1.03. The number of benzene rings is 1. The number of rotatable bonds is 4. The molecule has 0 fully saturated rings. The molecule has 17 heavy (non-hydrogen) atoms. The molecule has 0 spiro atoms. The van der Waals surface area contributed by atoms with Crippen LogP contribution >= 0.6 is 0 Å². The van der Waals surface area contributed by atoms with Crippen molar-refractivity contribution in [3.63, 3.8) is 0 Å². The minimum absolute atomic E-state index is 1.03. The third-order valence-corrected chi connectivity index (χ3v) is 2.33. The molecule has 1 aromatic rings. The Labute approximate surface area is 106 Å². The van der Waals surface area contributed by atoms with Gasteiger partial charge in [0.25, 0.3) is 0 Å². The lowest BCUT2D eigenvalue weighted by Crippen LogP contribution is -1.84. The normalized spacial score (nSPS) is 10.2. The van der Waals surface area contributed by atoms with Crippen molar-refractivity contribution < 1.29 is 0 Å². The van der Waals surface area contributed by atoms with E-state index in [0.717, 1.165) is 12.0 Å². The molecule has 0 aliphatic carbocycles. The molecule has 0 N–H and O–H groups in total. The first kappa shape index (κ1) is 15.4. The van der Waals surface area contributed by atoms with Gasteiger partial charge in [0.15, 0.2) is 0 Å². The second kappa shape index (κ2) is 8.58. The van der Waals surface area contributed by atoms with E-state index in [2.05, 4.69) is 50.4 Å². The van der Waals surface area contributed by atoms with E-state index in [4.69, 9.17) is 0 Å². The van der Waals surface area contributed by atoms with Crippen LogP contribution < -0.4 is 0 Å². The van der Waals surface area contributed by atoms with Crippen LogP contribution in [-0.4, -0.2) is 0 Å². The highest BCUT2D eigenvalue weighted by molar-refractivity contribution is 5.76. The first-order valence-electron chi connectivity index (χ1n) is 6.28. The van der Waals surface area contributed by atoms with E-state index in [0.29, 0.717) is 0 Å². The predicted octanol–water partition coefficient (Wildman–Crippen LogP) is 5.73. The number of hydrogen-bond acceptors (Lipinski definition) is 0. The van der Waals surface area contributed by atoms with Crippen molar-refractivity contribution in [3.8, 4) is 0 Å². The Morgan fingerprint density at radius 2 is 1.82 bits per heavy atom. The molecule has 0 heteroatoms. The Morgan fingerprint density at radius 3 is 2.29 bits per heavy atom. The zero-order chi connectivity index (χ0) is 13.3. The highest BCUT2D eigenvalue weighted by Crippen LogP contribution is 2.20. The summed E-state index contributed by atoms with van der Waals surface area (Å²) >= 11 is 0. The van der Waals surface area contributed by atoms with Gasteiger partial charge in [-0.1, -0.05) is 69.9 Å². The summed E-state index contributed by atoms with van der Waals surface area (Å²) < 4.78 is 0. The zero-order valence-corrected chi connectivity index (χ0v) is 11.6. The van der Waals surface area contributed by atoms with Gasteiger partial charge in [-0.15, -0.1) is 0 Å². The summed E-state index contributed by atoms with van der Waals surface area (Å²) in [5, 5.41) is 0. The molecule has 0 aromatic heterocycles. The van der Waals surface area contributed by atoms with Crippen molar-refractivity contribution in [1.82, 2.24) is 0 Å². The Hall–Kier alpha value is -1.56. The average Bonchev–Trinajstić information content (AvgIpc) is 2.38. The van der Waals surface area contributed by atoms with Crippen LogP contribution in [0.5, 0.6) is 0 Å². The van der Waals surface area contributed by atoms with E-state index >= 15 is 0 Å². The van der Waals surface area contributed by atoms with Crippen molar-refractivity contribution in [2.24, 2.45) is 0 Å². The molecule has 0 aliphatic rings. The summed E-state index contributed by atoms with van der Waals surface area (Å²) in [6.45, 7) is 15.9. The van der Waals surface area contributed by atoms with Gasteiger partial charge in [-0.2, -0.15) is 0 Å². The van der Waals surface area contributed by atoms with Crippen LogP contribution in [0.25, 0.3) is 11.1 Å². The monoisotopic (exact) mass is 228 g/mol. The lowest BCUT2D eigenvalue weighted by Gasteiger charge is -2.05. The molecule has 0 heterocycles. The molecule has 0 saturated heterocycles. The van der Waals surface area contributed by atoms with E-state index in [1.807, 2.05) is 26.8 Å². The van der Waals surface area contributed by atoms with Crippen molar-refractivity contribution >= 4 is 11.1 Å². The van der Waals surface area contributed by atoms with Gasteiger partial charge in [0.2, 0.25) is 0 Å². The standard InChI is InChI=1S/C15H18.C2H6/c1-5-8-13(6-2)15-10-7-9-14(11-15)12(3)4;1-2/h6-11H,2-3,5H2,1,4H3;1-2H3/b13-8+;. The predicted molar refractivity (Wildman–Crippen MR) is 81.0 cm³/mol. The molecular formula is C17H24. The first-order valence-corrected chi connectivity index (χ1v) is 6.28. The highest BCUT2D eigenvalue weighted by Gasteiger charge is 1.99. The lowest BCUT2D eigenvalue weighted by molar-refractivity contribution is 1.23. The van der Waals surface area contributed by atoms with E-state index in [9.17, 15) is 0 Å². The van der Waals surface area contributed by atoms with Gasteiger partial charge in [-0.25, -0.2) is 0 Å². The van der Waals surface area contributed by atoms with Gasteiger partial charge >= 0.3 is 0 Å². The highest BCUT2D eigenvalue weighted by atomic mass is 14.0. The van der Waals surface area contributed by atoms with Crippen LogP contribution in [0.15, 0.2) is 49.6 Å². The van der Waals surface area contributed by atoms with Gasteiger partial charge in [-0.05, 0) is 36.1 Å². The summed E-state index contributed by atoms with van der Waals surface area (Å²) in [4.78, 5) is 0. The lowest BCUT2D eigenvalue weighted by atomic mass is 10.00. The maximum atomic E-state index is 3.95. The fourth-order valence-corrected chi connectivity index (χ4v) is 1.50. The number of allylic oxidation sites excluding steroid dienone is 4. The van der Waals surface area contributed by atoms with Crippen LogP contribution in [0.2, 0.25) is 0 Å². The van der Waals surface area contributed by atoms with E-state index in [-0.39, 0.29) is 0 Å². The second-order valence-electron chi connectivity index (χ2n) is 3.63. The van der Waals surface area contributed by atoms with Gasteiger partial charge in [0.1, 0.15) is 0 Å². The Morgan fingerprint density at radius 1 is 1.24 bits per heavy atom. The Balaban J connectivity index is 0.00000121. The summed E-state index contributed by atoms with van der Waals surface area (Å²) in [5.41, 5.74) is 4.70. The largest absolute Gasteiger partial charge is 0.0985 e. The molecule has 0 saturated carbocycles. The summed E-state index contributed by atoms with van der Waals surface area (Å²) in [6.07, 6.45) is 5.12. The van der Waals surface area contributed by atoms with E-state index in [1.165, 1.54) is 16.7 Å². The minimum Gasteiger partial charge on any atom is -0.0985 e. The molecule has 0 radical (unpaired) electrons. The van der Waals surface area contributed by atoms with Crippen molar-refractivity contribution in [2.75, 3.05) is 0 Å². The van der Waals surface area contributed by atoms with Gasteiger partial charge in [0.05, 0.1) is 0 Å².